The van der Waals surface area contributed by atoms with Crippen LogP contribution in [0, 0.1) is 0 Å². The van der Waals surface area contributed by atoms with E-state index >= 15 is 0 Å². The molecule has 0 aliphatic rings. The molecular weight excluding hydrogens is 238 g/mol. The molecule has 8 heteroatoms. The van der Waals surface area contributed by atoms with Crippen molar-refractivity contribution in [1.29, 1.82) is 0 Å². The number of aliphatic hydroxyl groups excluding tert-OH is 3. The molecule has 0 unspecified atom stereocenters. The molecule has 0 bridgehead atoms. The van der Waals surface area contributed by atoms with Gasteiger partial charge in [0.2, 0.25) is 0 Å². The van der Waals surface area contributed by atoms with Gasteiger partial charge in [0.05, 0.1) is 19.8 Å². The SMILES string of the molecule is CC.O=S(=O)(O)[N+](CCO)(CCO)CCO. The van der Waals surface area contributed by atoms with Gasteiger partial charge in [0.25, 0.3) is 0 Å². The average Bonchev–Trinajstić information content (AvgIpc) is 2.20. The van der Waals surface area contributed by atoms with Crippen LogP contribution in [0.25, 0.3) is 0 Å². The van der Waals surface area contributed by atoms with Crippen molar-refractivity contribution in [2.45, 2.75) is 13.8 Å². The second-order valence-corrected chi connectivity index (χ2v) is 4.52. The zero-order valence-electron chi connectivity index (χ0n) is 9.70. The van der Waals surface area contributed by atoms with Gasteiger partial charge in [0.1, 0.15) is 19.6 Å². The third kappa shape index (κ3) is 5.19. The molecule has 100 valence electrons. The first-order chi connectivity index (χ1) is 7.43. The molecule has 0 aromatic carbocycles. The first-order valence-corrected chi connectivity index (χ1v) is 6.49. The van der Waals surface area contributed by atoms with E-state index in [0.717, 1.165) is 0 Å². The van der Waals surface area contributed by atoms with Gasteiger partial charge in [-0.25, -0.2) is 4.55 Å². The highest BCUT2D eigenvalue weighted by Gasteiger charge is 2.39. The van der Waals surface area contributed by atoms with Gasteiger partial charge >= 0.3 is 10.3 Å². The van der Waals surface area contributed by atoms with Crippen LogP contribution in [0.2, 0.25) is 0 Å². The van der Waals surface area contributed by atoms with Crippen molar-refractivity contribution in [3.8, 4) is 0 Å². The number of hydrogen-bond donors (Lipinski definition) is 4. The smallest absolute Gasteiger partial charge is 0.390 e. The van der Waals surface area contributed by atoms with Crippen LogP contribution in [0.3, 0.4) is 0 Å². The molecule has 7 nitrogen and oxygen atoms in total. The van der Waals surface area contributed by atoms with E-state index in [-0.39, 0.29) is 19.6 Å². The number of hydrogen-bond acceptors (Lipinski definition) is 5. The third-order valence-corrected chi connectivity index (χ3v) is 3.54. The molecule has 0 aromatic heterocycles. The summed E-state index contributed by atoms with van der Waals surface area (Å²) in [5.41, 5.74) is 0. The molecule has 0 saturated heterocycles. The Morgan fingerprint density at radius 3 is 1.25 bits per heavy atom. The number of rotatable bonds is 7. The van der Waals surface area contributed by atoms with Crippen molar-refractivity contribution in [3.05, 3.63) is 0 Å². The van der Waals surface area contributed by atoms with E-state index in [0.29, 0.717) is 0 Å². The topological polar surface area (TPSA) is 115 Å². The summed E-state index contributed by atoms with van der Waals surface area (Å²) in [5.74, 6) is 0. The molecular formula is C8H22NO6S+. The molecule has 0 atom stereocenters. The molecule has 0 fully saturated rings. The van der Waals surface area contributed by atoms with Crippen LogP contribution in [0.1, 0.15) is 13.8 Å². The van der Waals surface area contributed by atoms with Crippen molar-refractivity contribution in [3.63, 3.8) is 0 Å². The maximum atomic E-state index is 11.0. The Hall–Kier alpha value is -0.250. The zero-order valence-corrected chi connectivity index (χ0v) is 10.5. The summed E-state index contributed by atoms with van der Waals surface area (Å²) in [5, 5.41) is 26.0. The fourth-order valence-electron chi connectivity index (χ4n) is 1.23. The quantitative estimate of drug-likeness (QED) is 0.331. The van der Waals surface area contributed by atoms with Crippen molar-refractivity contribution in [2.75, 3.05) is 39.5 Å². The molecule has 0 aliphatic heterocycles. The van der Waals surface area contributed by atoms with E-state index in [4.69, 9.17) is 19.9 Å². The van der Waals surface area contributed by atoms with Crippen molar-refractivity contribution in [2.24, 2.45) is 0 Å². The van der Waals surface area contributed by atoms with E-state index in [1.165, 1.54) is 0 Å². The van der Waals surface area contributed by atoms with Crippen LogP contribution in [0.5, 0.6) is 0 Å². The van der Waals surface area contributed by atoms with Gasteiger partial charge < -0.3 is 15.3 Å². The summed E-state index contributed by atoms with van der Waals surface area (Å²) in [6.07, 6.45) is 0. The Labute approximate surface area is 96.4 Å². The van der Waals surface area contributed by atoms with E-state index in [1.54, 1.807) is 0 Å². The Bertz CT molecular complexity index is 236. The molecule has 16 heavy (non-hydrogen) atoms. The summed E-state index contributed by atoms with van der Waals surface area (Å²) >= 11 is 0. The fourth-order valence-corrected chi connectivity index (χ4v) is 2.17. The van der Waals surface area contributed by atoms with Gasteiger partial charge in [-0.1, -0.05) is 13.8 Å². The first-order valence-electron chi connectivity index (χ1n) is 5.10. The van der Waals surface area contributed by atoms with E-state index in [1.807, 2.05) is 13.8 Å². The van der Waals surface area contributed by atoms with E-state index in [9.17, 15) is 8.42 Å². The lowest BCUT2D eigenvalue weighted by atomic mass is 10.4. The summed E-state index contributed by atoms with van der Waals surface area (Å²) in [7, 11) is -4.46. The van der Waals surface area contributed by atoms with Crippen LogP contribution >= 0.6 is 0 Å². The lowest BCUT2D eigenvalue weighted by molar-refractivity contribution is -0.812. The van der Waals surface area contributed by atoms with Crippen LogP contribution in [0.15, 0.2) is 0 Å². The van der Waals surface area contributed by atoms with Gasteiger partial charge in [0.15, 0.2) is 0 Å². The number of quaternary nitrogens is 1. The molecule has 0 heterocycles. The van der Waals surface area contributed by atoms with Crippen molar-refractivity contribution in [1.82, 2.24) is 0 Å². The van der Waals surface area contributed by atoms with Crippen LogP contribution < -0.4 is 0 Å². The summed E-state index contributed by atoms with van der Waals surface area (Å²) in [6, 6.07) is 0. The molecule has 0 saturated carbocycles. The third-order valence-electron chi connectivity index (χ3n) is 2.01. The molecule has 0 spiro atoms. The predicted molar refractivity (Wildman–Crippen MR) is 59.0 cm³/mol. The maximum Gasteiger partial charge on any atom is 0.433 e. The zero-order chi connectivity index (χ0) is 13.2. The monoisotopic (exact) mass is 260 g/mol. The number of aliphatic hydroxyl groups is 3. The largest absolute Gasteiger partial charge is 0.433 e. The lowest BCUT2D eigenvalue weighted by Gasteiger charge is -2.31. The molecule has 0 rings (SSSR count). The Morgan fingerprint density at radius 2 is 1.12 bits per heavy atom. The standard InChI is InChI=1S/C6H15NO6S.C2H6/c8-4-1-7(2-5-9,3-6-10)14(11,12)13;1-2/h8-10H,1-6H2;1-2H3/p+1. The van der Waals surface area contributed by atoms with E-state index in [2.05, 4.69) is 0 Å². The molecule has 0 amide bonds. The highest BCUT2D eigenvalue weighted by molar-refractivity contribution is 7.80. The number of nitrogens with zero attached hydrogens (tertiary/aromatic N) is 1. The van der Waals surface area contributed by atoms with Crippen LogP contribution in [-0.2, 0) is 10.3 Å². The van der Waals surface area contributed by atoms with Crippen LogP contribution in [0.4, 0.5) is 0 Å². The normalized spacial score (nSPS) is 11.9. The second kappa shape index (κ2) is 8.85. The predicted octanol–water partition coefficient (Wildman–Crippen LogP) is -1.39. The van der Waals surface area contributed by atoms with Gasteiger partial charge in [-0.15, -0.1) is 8.42 Å². The first kappa shape index (κ1) is 18.1. The molecule has 0 aromatic rings. The molecule has 0 aliphatic carbocycles. The fraction of sp³-hybridized carbons (Fsp3) is 1.00. The highest BCUT2D eigenvalue weighted by Crippen LogP contribution is 2.12. The molecule has 4 N–H and O–H groups in total. The van der Waals surface area contributed by atoms with Gasteiger partial charge in [-0.2, -0.15) is 3.89 Å². The molecule has 0 radical (unpaired) electrons. The van der Waals surface area contributed by atoms with Gasteiger partial charge in [0, 0.05) is 0 Å². The summed E-state index contributed by atoms with van der Waals surface area (Å²) < 4.78 is 30.0. The Balaban J connectivity index is 0. The van der Waals surface area contributed by atoms with Crippen molar-refractivity contribution >= 4 is 10.3 Å². The summed E-state index contributed by atoms with van der Waals surface area (Å²) in [6.45, 7) is 1.83. The minimum atomic E-state index is -4.46. The van der Waals surface area contributed by atoms with Gasteiger partial charge in [-0.3, -0.25) is 0 Å². The minimum Gasteiger partial charge on any atom is -0.390 e. The van der Waals surface area contributed by atoms with E-state index < -0.39 is 34.0 Å². The summed E-state index contributed by atoms with van der Waals surface area (Å²) in [4.78, 5) is 0. The van der Waals surface area contributed by atoms with Crippen LogP contribution in [-0.4, -0.2) is 71.6 Å². The lowest BCUT2D eigenvalue weighted by Crippen LogP contribution is -2.56. The average molecular weight is 260 g/mol. The van der Waals surface area contributed by atoms with Crippen molar-refractivity contribution < 1.29 is 32.2 Å². The maximum absolute atomic E-state index is 11.0. The Morgan fingerprint density at radius 1 is 0.875 bits per heavy atom. The second-order valence-electron chi connectivity index (χ2n) is 2.85. The van der Waals surface area contributed by atoms with Gasteiger partial charge in [-0.05, 0) is 0 Å². The minimum absolute atomic E-state index is 0.264. The highest BCUT2D eigenvalue weighted by atomic mass is 32.2. The Kier molecular flexibility index (Phi) is 10.0.